The fraction of sp³-hybridized carbons (Fsp3) is 0.392. The maximum Gasteiger partial charge on any atom is 0.418 e. The van der Waals surface area contributed by atoms with E-state index in [0.29, 0.717) is 29.6 Å². The van der Waals surface area contributed by atoms with Gasteiger partial charge < -0.3 is 38.2 Å². The highest BCUT2D eigenvalue weighted by Crippen LogP contribution is 2.52. The molecule has 10 rings (SSSR count). The minimum absolute atomic E-state index is 0.00504. The first kappa shape index (κ1) is 48.4. The Morgan fingerprint density at radius 3 is 2.23 bits per heavy atom. The zero-order valence-electron chi connectivity index (χ0n) is 39.7. The number of benzene rings is 3. The number of hydrogen-bond donors (Lipinski definition) is 1. The van der Waals surface area contributed by atoms with Gasteiger partial charge in [0, 0.05) is 24.8 Å². The topological polar surface area (TPSA) is 143 Å². The predicted molar refractivity (Wildman–Crippen MR) is 256 cm³/mol. The van der Waals surface area contributed by atoms with Gasteiger partial charge in [-0.25, -0.2) is 19.2 Å². The van der Waals surface area contributed by atoms with Gasteiger partial charge in [-0.1, -0.05) is 41.9 Å². The highest BCUT2D eigenvalue weighted by Gasteiger charge is 2.53. The van der Waals surface area contributed by atoms with Crippen LogP contribution in [0.2, 0.25) is 5.02 Å². The first-order chi connectivity index (χ1) is 33.3. The van der Waals surface area contributed by atoms with Crippen LogP contribution in [0.3, 0.4) is 0 Å². The number of carbonyl (C=O) groups excluding carboxylic acids is 1. The van der Waals surface area contributed by atoms with Gasteiger partial charge in [-0.05, 0) is 106 Å². The molecule has 0 radical (unpaired) electrons. The molecule has 1 saturated carbocycles. The second kappa shape index (κ2) is 18.9. The van der Waals surface area contributed by atoms with Crippen molar-refractivity contribution in [2.45, 2.75) is 84.0 Å². The Morgan fingerprint density at radius 2 is 1.64 bits per heavy atom. The Hall–Kier alpha value is -6.66. The molecule has 0 unspecified atom stereocenters. The lowest BCUT2D eigenvalue weighted by atomic mass is 9.75. The Kier molecular flexibility index (Phi) is 13.1. The van der Waals surface area contributed by atoms with Crippen LogP contribution in [0, 0.1) is 18.7 Å². The molecule has 4 aliphatic rings. The van der Waals surface area contributed by atoms with Gasteiger partial charge in [-0.15, -0.1) is 0 Å². The van der Waals surface area contributed by atoms with Crippen LogP contribution in [0.25, 0.3) is 22.2 Å². The number of halogens is 5. The van der Waals surface area contributed by atoms with Crippen molar-refractivity contribution in [2.24, 2.45) is 5.92 Å². The van der Waals surface area contributed by atoms with E-state index >= 15 is 17.6 Å². The number of methoxy groups -OCH3 is 2. The van der Waals surface area contributed by atoms with Crippen molar-refractivity contribution < 1.29 is 50.8 Å². The molecule has 6 aromatic rings. The number of aromatic nitrogens is 4. The number of pyridine rings is 2. The summed E-state index contributed by atoms with van der Waals surface area (Å²) < 4.78 is 99.6. The molecule has 3 aromatic heterocycles. The van der Waals surface area contributed by atoms with E-state index in [0.717, 1.165) is 24.0 Å². The molecule has 1 amide bonds. The van der Waals surface area contributed by atoms with Gasteiger partial charge in [-0.2, -0.15) is 23.1 Å². The molecule has 1 N–H and O–H groups in total. The molecule has 6 heterocycles. The van der Waals surface area contributed by atoms with E-state index in [1.165, 1.54) is 19.2 Å². The molecular weight excluding hydrogens is 934 g/mol. The van der Waals surface area contributed by atoms with Crippen LogP contribution in [0.1, 0.15) is 74.4 Å². The quantitative estimate of drug-likeness (QED) is 0.104. The first-order valence-electron chi connectivity index (χ1n) is 22.8. The lowest BCUT2D eigenvalue weighted by Crippen LogP contribution is -2.42. The molecule has 1 atom stereocenters. The number of fused-ring (bicyclic) bond motifs is 1. The van der Waals surface area contributed by atoms with Gasteiger partial charge in [0.25, 0.3) is 0 Å². The average molecular weight is 986 g/mol. The van der Waals surface area contributed by atoms with Crippen LogP contribution >= 0.6 is 11.6 Å². The van der Waals surface area contributed by atoms with Crippen molar-refractivity contribution in [3.8, 4) is 34.5 Å². The standard InChI is InChI=1S/C51H52ClF4N7O7/c1-28-21-36(62(24-30-10-14-33(65-6)15-11-30)25-31-12-16-34(66-7)17-13-31)58-42(39(28)51(54,55)56)37-40(52)44-38-43(41(37)53)59-47(68-27-50-22-32(23-50)26-69-50)61-46(38)63(19-20-67-44)29(2)35-9-8-18-57-45(35)60-48(64)70-49(3,4)5/h8-18,21,29,32H,19-20,22-27H2,1-7H3,(H,57,60,64)/t29-,32?,50?/m1/s1. The van der Waals surface area contributed by atoms with Crippen LogP contribution in [0.5, 0.6) is 23.3 Å². The Bertz CT molecular complexity index is 2880. The number of anilines is 3. The number of nitrogens with one attached hydrogen (secondary N) is 1. The lowest BCUT2D eigenvalue weighted by molar-refractivity contribution is -0.137. The highest BCUT2D eigenvalue weighted by molar-refractivity contribution is 6.36. The van der Waals surface area contributed by atoms with Gasteiger partial charge in [0.2, 0.25) is 0 Å². The third-order valence-electron chi connectivity index (χ3n) is 12.7. The lowest BCUT2D eigenvalue weighted by Gasteiger charge is -2.35. The Labute approximate surface area is 407 Å². The molecular formula is C51H52ClF4N7O7. The first-order valence-corrected chi connectivity index (χ1v) is 23.1. The number of carbonyl (C=O) groups is 1. The summed E-state index contributed by atoms with van der Waals surface area (Å²) >= 11 is 7.22. The van der Waals surface area contributed by atoms with Crippen LogP contribution in [0.4, 0.5) is 39.8 Å². The number of ether oxygens (including phenoxy) is 6. The summed E-state index contributed by atoms with van der Waals surface area (Å²) in [6, 6.07) is 18.4. The van der Waals surface area contributed by atoms with E-state index in [2.05, 4.69) is 20.3 Å². The van der Waals surface area contributed by atoms with E-state index in [9.17, 15) is 4.79 Å². The van der Waals surface area contributed by atoms with E-state index in [1.54, 1.807) is 81.2 Å². The molecule has 2 bridgehead atoms. The van der Waals surface area contributed by atoms with Gasteiger partial charge in [0.15, 0.2) is 11.6 Å². The predicted octanol–water partition coefficient (Wildman–Crippen LogP) is 11.3. The van der Waals surface area contributed by atoms with Crippen molar-refractivity contribution in [2.75, 3.05) is 55.7 Å². The fourth-order valence-electron chi connectivity index (χ4n) is 9.36. The molecule has 3 fully saturated rings. The third-order valence-corrected chi connectivity index (χ3v) is 13.1. The van der Waals surface area contributed by atoms with E-state index in [4.69, 9.17) is 45.0 Å². The number of alkyl halides is 3. The van der Waals surface area contributed by atoms with Crippen molar-refractivity contribution in [1.29, 1.82) is 0 Å². The summed E-state index contributed by atoms with van der Waals surface area (Å²) in [5.41, 5.74) is -2.47. The number of rotatable bonds is 14. The minimum atomic E-state index is -5.02. The molecule has 14 nitrogen and oxygen atoms in total. The zero-order chi connectivity index (χ0) is 49.7. The van der Waals surface area contributed by atoms with E-state index in [-0.39, 0.29) is 73.0 Å². The third kappa shape index (κ3) is 9.75. The van der Waals surface area contributed by atoms with Crippen molar-refractivity contribution >= 4 is 46.1 Å². The van der Waals surface area contributed by atoms with E-state index < -0.39 is 62.7 Å². The largest absolute Gasteiger partial charge is 0.497 e. The van der Waals surface area contributed by atoms with Gasteiger partial charge >= 0.3 is 18.3 Å². The summed E-state index contributed by atoms with van der Waals surface area (Å²) in [5.74, 6) is 0.740. The second-order valence-corrected chi connectivity index (χ2v) is 19.2. The molecule has 3 aliphatic heterocycles. The molecule has 19 heteroatoms. The van der Waals surface area contributed by atoms with Crippen molar-refractivity contribution in [3.05, 3.63) is 112 Å². The number of aryl methyl sites for hydroxylation is 1. The summed E-state index contributed by atoms with van der Waals surface area (Å²) in [5, 5.41) is 2.27. The summed E-state index contributed by atoms with van der Waals surface area (Å²) in [6.07, 6.45) is -2.69. The maximum absolute atomic E-state index is 18.1. The molecule has 368 valence electrons. The fourth-order valence-corrected chi connectivity index (χ4v) is 9.68. The van der Waals surface area contributed by atoms with Crippen LogP contribution < -0.4 is 34.1 Å². The second-order valence-electron chi connectivity index (χ2n) is 18.8. The normalized spacial score (nSPS) is 17.8. The Morgan fingerprint density at radius 1 is 0.986 bits per heavy atom. The van der Waals surface area contributed by atoms with Crippen molar-refractivity contribution in [3.63, 3.8) is 0 Å². The molecule has 0 spiro atoms. The van der Waals surface area contributed by atoms with Gasteiger partial charge in [0.05, 0.1) is 60.6 Å². The molecule has 1 aliphatic carbocycles. The monoisotopic (exact) mass is 985 g/mol. The van der Waals surface area contributed by atoms with Crippen LogP contribution in [0.15, 0.2) is 72.9 Å². The minimum Gasteiger partial charge on any atom is -0.497 e. The van der Waals surface area contributed by atoms with Crippen LogP contribution in [-0.4, -0.2) is 77.8 Å². The maximum atomic E-state index is 18.1. The summed E-state index contributed by atoms with van der Waals surface area (Å²) in [6.45, 7) is 9.41. The Balaban J connectivity index is 1.21. The smallest absolute Gasteiger partial charge is 0.418 e. The molecule has 2 saturated heterocycles. The van der Waals surface area contributed by atoms with Gasteiger partial charge in [-0.3, -0.25) is 5.32 Å². The molecule has 70 heavy (non-hydrogen) atoms. The summed E-state index contributed by atoms with van der Waals surface area (Å²) in [4.78, 5) is 35.1. The van der Waals surface area contributed by atoms with Gasteiger partial charge in [0.1, 0.15) is 58.9 Å². The average Bonchev–Trinajstić information content (AvgIpc) is 3.86. The number of hydrogen-bond acceptors (Lipinski definition) is 13. The van der Waals surface area contributed by atoms with E-state index in [1.807, 2.05) is 31.2 Å². The summed E-state index contributed by atoms with van der Waals surface area (Å²) in [7, 11) is 3.10. The number of amides is 1. The highest BCUT2D eigenvalue weighted by atomic mass is 35.5. The molecule has 3 aromatic carbocycles. The number of nitrogens with zero attached hydrogens (tertiary/aromatic N) is 6. The SMILES string of the molecule is COc1ccc(CN(Cc2ccc(OC)cc2)c2cc(C)c(C(F)(F)F)c(-c3c(Cl)c4c5c(nc(OCC67CC(CO6)C7)nc5c3F)N([C@H](C)c3cccnc3NC(=O)OC(C)(C)C)CCO4)n2)cc1. The van der Waals surface area contributed by atoms with Crippen molar-refractivity contribution in [1.82, 2.24) is 19.9 Å². The van der Waals surface area contributed by atoms with Crippen LogP contribution in [-0.2, 0) is 28.7 Å². The zero-order valence-corrected chi connectivity index (χ0v) is 40.4.